The first-order valence-electron chi connectivity index (χ1n) is 7.12. The van der Waals surface area contributed by atoms with Crippen LogP contribution in [0.2, 0.25) is 0 Å². The predicted octanol–water partition coefficient (Wildman–Crippen LogP) is 1.63. The van der Waals surface area contributed by atoms with Crippen LogP contribution in [0.3, 0.4) is 0 Å². The molecular formula is C15H22N2O5. The predicted molar refractivity (Wildman–Crippen MR) is 81.4 cm³/mol. The van der Waals surface area contributed by atoms with E-state index in [-0.39, 0.29) is 12.5 Å². The van der Waals surface area contributed by atoms with Crippen LogP contribution >= 0.6 is 0 Å². The van der Waals surface area contributed by atoms with Crippen molar-refractivity contribution in [1.82, 2.24) is 10.6 Å². The Bertz CT molecular complexity index is 479. The molecule has 0 aliphatic heterocycles. The maximum atomic E-state index is 11.4. The van der Waals surface area contributed by atoms with Crippen LogP contribution in [0.4, 0.5) is 4.79 Å². The quantitative estimate of drug-likeness (QED) is 0.571. The van der Waals surface area contributed by atoms with E-state index in [9.17, 15) is 9.59 Å². The average Bonchev–Trinajstić information content (AvgIpc) is 2.51. The fraction of sp³-hybridized carbons (Fsp3) is 0.467. The number of carboxylic acids is 1. The van der Waals surface area contributed by atoms with Gasteiger partial charge in [-0.15, -0.1) is 0 Å². The molecule has 0 fully saturated rings. The molecule has 1 rings (SSSR count). The number of benzene rings is 1. The number of ether oxygens (including phenoxy) is 2. The summed E-state index contributed by atoms with van der Waals surface area (Å²) in [6.07, 6.45) is 1.14. The van der Waals surface area contributed by atoms with E-state index in [1.807, 2.05) is 18.2 Å². The number of aliphatic carboxylic acids is 1. The average molecular weight is 310 g/mol. The zero-order valence-electron chi connectivity index (χ0n) is 12.6. The first kappa shape index (κ1) is 17.6. The highest BCUT2D eigenvalue weighted by molar-refractivity contribution is 5.73. The van der Waals surface area contributed by atoms with Crippen LogP contribution in [0.15, 0.2) is 24.3 Å². The Kier molecular flexibility index (Phi) is 8.25. The zero-order valence-corrected chi connectivity index (χ0v) is 12.6. The Morgan fingerprint density at radius 2 is 1.82 bits per heavy atom. The molecule has 0 radical (unpaired) electrons. The lowest BCUT2D eigenvalue weighted by Gasteiger charge is -2.09. The lowest BCUT2D eigenvalue weighted by molar-refractivity contribution is -0.137. The van der Waals surface area contributed by atoms with Gasteiger partial charge in [-0.05, 0) is 25.0 Å². The Hall–Kier alpha value is -2.44. The van der Waals surface area contributed by atoms with E-state index in [0.717, 1.165) is 11.5 Å². The summed E-state index contributed by atoms with van der Waals surface area (Å²) in [5.74, 6) is 0.589. The van der Waals surface area contributed by atoms with Crippen LogP contribution in [-0.2, 0) is 4.79 Å². The fourth-order valence-electron chi connectivity index (χ4n) is 1.66. The Balaban J connectivity index is 2.04. The second-order valence-electron chi connectivity index (χ2n) is 4.56. The molecule has 0 aliphatic rings. The van der Waals surface area contributed by atoms with Gasteiger partial charge in [-0.3, -0.25) is 4.79 Å². The minimum atomic E-state index is -0.864. The van der Waals surface area contributed by atoms with Gasteiger partial charge >= 0.3 is 12.0 Å². The summed E-state index contributed by atoms with van der Waals surface area (Å²) >= 11 is 0. The second-order valence-corrected chi connectivity index (χ2v) is 4.56. The molecule has 0 spiro atoms. The van der Waals surface area contributed by atoms with Gasteiger partial charge in [-0.1, -0.05) is 6.07 Å². The molecule has 22 heavy (non-hydrogen) atoms. The van der Waals surface area contributed by atoms with Crippen molar-refractivity contribution in [3.63, 3.8) is 0 Å². The van der Waals surface area contributed by atoms with Crippen molar-refractivity contribution in [1.29, 1.82) is 0 Å². The Morgan fingerprint density at radius 3 is 2.50 bits per heavy atom. The molecule has 0 unspecified atom stereocenters. The van der Waals surface area contributed by atoms with E-state index in [4.69, 9.17) is 14.6 Å². The van der Waals surface area contributed by atoms with Crippen LogP contribution < -0.4 is 20.1 Å². The molecule has 0 saturated carbocycles. The third kappa shape index (κ3) is 7.98. The molecule has 0 bridgehead atoms. The molecule has 7 heteroatoms. The standard InChI is InChI=1S/C15H22N2O5/c1-21-12-5-2-6-13(11-12)22-10-4-9-17-15(20)16-8-3-7-14(18)19/h2,5-6,11H,3-4,7-10H2,1H3,(H,18,19)(H2,16,17,20). The number of hydrogen-bond donors (Lipinski definition) is 3. The first-order chi connectivity index (χ1) is 10.6. The third-order valence-corrected chi connectivity index (χ3v) is 2.77. The normalized spacial score (nSPS) is 9.86. The molecular weight excluding hydrogens is 288 g/mol. The monoisotopic (exact) mass is 310 g/mol. The highest BCUT2D eigenvalue weighted by Gasteiger charge is 2.01. The number of nitrogens with one attached hydrogen (secondary N) is 2. The minimum absolute atomic E-state index is 0.0503. The van der Waals surface area contributed by atoms with E-state index >= 15 is 0 Å². The van der Waals surface area contributed by atoms with E-state index in [1.54, 1.807) is 13.2 Å². The lowest BCUT2D eigenvalue weighted by atomic mass is 10.3. The molecule has 0 aromatic heterocycles. The summed E-state index contributed by atoms with van der Waals surface area (Å²) in [5.41, 5.74) is 0. The van der Waals surface area contributed by atoms with Gasteiger partial charge in [0.2, 0.25) is 0 Å². The summed E-state index contributed by atoms with van der Waals surface area (Å²) in [5, 5.41) is 13.7. The number of carbonyl (C=O) groups excluding carboxylic acids is 1. The maximum Gasteiger partial charge on any atom is 0.314 e. The van der Waals surface area contributed by atoms with Gasteiger partial charge in [0.15, 0.2) is 0 Å². The van der Waals surface area contributed by atoms with Crippen LogP contribution in [0.5, 0.6) is 11.5 Å². The van der Waals surface area contributed by atoms with Crippen LogP contribution in [0.25, 0.3) is 0 Å². The number of carboxylic acid groups (broad SMARTS) is 1. The van der Waals surface area contributed by atoms with Gasteiger partial charge < -0.3 is 25.2 Å². The molecule has 7 nitrogen and oxygen atoms in total. The van der Waals surface area contributed by atoms with Crippen molar-refractivity contribution in [2.75, 3.05) is 26.8 Å². The molecule has 0 saturated heterocycles. The molecule has 0 atom stereocenters. The molecule has 122 valence electrons. The van der Waals surface area contributed by atoms with Gasteiger partial charge in [0.05, 0.1) is 13.7 Å². The first-order valence-corrected chi connectivity index (χ1v) is 7.12. The molecule has 0 aliphatic carbocycles. The second kappa shape index (κ2) is 10.3. The third-order valence-electron chi connectivity index (χ3n) is 2.77. The number of rotatable bonds is 10. The van der Waals surface area contributed by atoms with Crippen molar-refractivity contribution in [3.05, 3.63) is 24.3 Å². The van der Waals surface area contributed by atoms with Crippen LogP contribution in [-0.4, -0.2) is 43.9 Å². The summed E-state index contributed by atoms with van der Waals surface area (Å²) in [6.45, 7) is 1.31. The van der Waals surface area contributed by atoms with Crippen molar-refractivity contribution < 1.29 is 24.2 Å². The van der Waals surface area contributed by atoms with E-state index < -0.39 is 5.97 Å². The Morgan fingerprint density at radius 1 is 1.14 bits per heavy atom. The molecule has 0 heterocycles. The van der Waals surface area contributed by atoms with Crippen LogP contribution in [0.1, 0.15) is 19.3 Å². The molecule has 3 N–H and O–H groups in total. The van der Waals surface area contributed by atoms with E-state index in [1.165, 1.54) is 0 Å². The number of hydrogen-bond acceptors (Lipinski definition) is 4. The van der Waals surface area contributed by atoms with E-state index in [0.29, 0.717) is 32.5 Å². The number of urea groups is 1. The number of methoxy groups -OCH3 is 1. The van der Waals surface area contributed by atoms with Crippen molar-refractivity contribution >= 4 is 12.0 Å². The summed E-state index contributed by atoms with van der Waals surface area (Å²) in [4.78, 5) is 21.7. The van der Waals surface area contributed by atoms with E-state index in [2.05, 4.69) is 10.6 Å². The van der Waals surface area contributed by atoms with Gasteiger partial charge in [0.25, 0.3) is 0 Å². The lowest BCUT2D eigenvalue weighted by Crippen LogP contribution is -2.37. The van der Waals surface area contributed by atoms with Crippen LogP contribution in [0, 0.1) is 0 Å². The topological polar surface area (TPSA) is 96.9 Å². The van der Waals surface area contributed by atoms with Gasteiger partial charge in [-0.2, -0.15) is 0 Å². The van der Waals surface area contributed by atoms with Crippen molar-refractivity contribution in [2.24, 2.45) is 0 Å². The largest absolute Gasteiger partial charge is 0.497 e. The van der Waals surface area contributed by atoms with Gasteiger partial charge in [0.1, 0.15) is 11.5 Å². The summed E-state index contributed by atoms with van der Waals surface area (Å²) in [7, 11) is 1.60. The highest BCUT2D eigenvalue weighted by atomic mass is 16.5. The minimum Gasteiger partial charge on any atom is -0.497 e. The fourth-order valence-corrected chi connectivity index (χ4v) is 1.66. The molecule has 1 aromatic rings. The smallest absolute Gasteiger partial charge is 0.314 e. The number of carbonyl (C=O) groups is 2. The SMILES string of the molecule is COc1cccc(OCCCNC(=O)NCCCC(=O)O)c1. The zero-order chi connectivity index (χ0) is 16.2. The van der Waals surface area contributed by atoms with Crippen molar-refractivity contribution in [2.45, 2.75) is 19.3 Å². The van der Waals surface area contributed by atoms with Gasteiger partial charge in [-0.25, -0.2) is 4.79 Å². The van der Waals surface area contributed by atoms with Crippen molar-refractivity contribution in [3.8, 4) is 11.5 Å². The molecule has 1 aromatic carbocycles. The number of amides is 2. The molecule has 2 amide bonds. The summed E-state index contributed by atoms with van der Waals surface area (Å²) < 4.78 is 10.6. The summed E-state index contributed by atoms with van der Waals surface area (Å²) in [6, 6.07) is 7.01. The Labute approximate surface area is 129 Å². The van der Waals surface area contributed by atoms with Gasteiger partial charge in [0, 0.05) is 25.6 Å². The highest BCUT2D eigenvalue weighted by Crippen LogP contribution is 2.18. The maximum absolute atomic E-state index is 11.4.